The first-order valence-corrected chi connectivity index (χ1v) is 11.1. The SMILES string of the molecule is Cc1cccc(CN2CC(CN3CCCCC3)C(c3cccc(C(F)(F)F)c3)C2)c1. The smallest absolute Gasteiger partial charge is 0.303 e. The Morgan fingerprint density at radius 1 is 0.900 bits per heavy atom. The van der Waals surface area contributed by atoms with Crippen LogP contribution in [0.1, 0.15) is 47.4 Å². The van der Waals surface area contributed by atoms with Crippen LogP contribution < -0.4 is 0 Å². The van der Waals surface area contributed by atoms with Crippen LogP contribution >= 0.6 is 0 Å². The molecule has 0 N–H and O–H groups in total. The van der Waals surface area contributed by atoms with E-state index >= 15 is 0 Å². The summed E-state index contributed by atoms with van der Waals surface area (Å²) in [6, 6.07) is 14.5. The largest absolute Gasteiger partial charge is 0.416 e. The molecule has 5 heteroatoms. The minimum absolute atomic E-state index is 0.138. The van der Waals surface area contributed by atoms with Crippen LogP contribution in [0.3, 0.4) is 0 Å². The Bertz CT molecular complexity index is 842. The maximum absolute atomic E-state index is 13.3. The van der Waals surface area contributed by atoms with Crippen LogP contribution in [-0.2, 0) is 12.7 Å². The molecule has 2 saturated heterocycles. The van der Waals surface area contributed by atoms with Gasteiger partial charge in [0.05, 0.1) is 5.56 Å². The number of piperidine rings is 1. The van der Waals surface area contributed by atoms with Gasteiger partial charge in [0.1, 0.15) is 0 Å². The van der Waals surface area contributed by atoms with Crippen LogP contribution in [0.5, 0.6) is 0 Å². The van der Waals surface area contributed by atoms with Gasteiger partial charge in [-0.05, 0) is 56.0 Å². The molecule has 0 radical (unpaired) electrons. The highest BCUT2D eigenvalue weighted by molar-refractivity contribution is 5.30. The standard InChI is InChI=1S/C25H31F3N2/c1-19-7-5-8-20(13-19)15-30-17-22(16-29-11-3-2-4-12-29)24(18-30)21-9-6-10-23(14-21)25(26,27)28/h5-10,13-14,22,24H,2-4,11-12,15-18H2,1H3. The van der Waals surface area contributed by atoms with E-state index in [1.165, 1.54) is 42.5 Å². The van der Waals surface area contributed by atoms with Gasteiger partial charge >= 0.3 is 6.18 Å². The minimum Gasteiger partial charge on any atom is -0.303 e. The van der Waals surface area contributed by atoms with Crippen molar-refractivity contribution in [2.24, 2.45) is 5.92 Å². The molecule has 2 aliphatic rings. The molecule has 30 heavy (non-hydrogen) atoms. The Morgan fingerprint density at radius 2 is 1.67 bits per heavy atom. The summed E-state index contributed by atoms with van der Waals surface area (Å²) in [5.74, 6) is 0.496. The summed E-state index contributed by atoms with van der Waals surface area (Å²) in [4.78, 5) is 4.94. The average Bonchev–Trinajstić information content (AvgIpc) is 3.10. The zero-order valence-electron chi connectivity index (χ0n) is 17.7. The molecule has 0 bridgehead atoms. The van der Waals surface area contributed by atoms with Gasteiger partial charge in [0.15, 0.2) is 0 Å². The van der Waals surface area contributed by atoms with Crippen LogP contribution in [0.25, 0.3) is 0 Å². The molecule has 2 aromatic carbocycles. The van der Waals surface area contributed by atoms with Crippen molar-refractivity contribution in [3.63, 3.8) is 0 Å². The second-order valence-corrected chi connectivity index (χ2v) is 9.03. The van der Waals surface area contributed by atoms with Crippen LogP contribution in [0.2, 0.25) is 0 Å². The molecule has 0 aromatic heterocycles. The molecule has 162 valence electrons. The van der Waals surface area contributed by atoms with Crippen molar-refractivity contribution in [3.05, 3.63) is 70.8 Å². The van der Waals surface area contributed by atoms with Crippen molar-refractivity contribution in [3.8, 4) is 0 Å². The molecule has 2 aliphatic heterocycles. The number of rotatable bonds is 5. The number of likely N-dealkylation sites (tertiary alicyclic amines) is 2. The molecule has 0 amide bonds. The van der Waals surface area contributed by atoms with Gasteiger partial charge in [0.2, 0.25) is 0 Å². The van der Waals surface area contributed by atoms with Gasteiger partial charge in [-0.25, -0.2) is 0 Å². The zero-order valence-corrected chi connectivity index (χ0v) is 17.7. The fourth-order valence-corrected chi connectivity index (χ4v) is 5.14. The number of benzene rings is 2. The fraction of sp³-hybridized carbons (Fsp3) is 0.520. The summed E-state index contributed by atoms with van der Waals surface area (Å²) in [7, 11) is 0. The molecule has 2 atom stereocenters. The normalized spacial score (nSPS) is 23.7. The average molecular weight is 417 g/mol. The van der Waals surface area contributed by atoms with E-state index in [1.54, 1.807) is 6.07 Å². The predicted octanol–water partition coefficient (Wildman–Crippen LogP) is 5.72. The third-order valence-electron chi connectivity index (χ3n) is 6.59. The number of aryl methyl sites for hydroxylation is 1. The maximum Gasteiger partial charge on any atom is 0.416 e. The summed E-state index contributed by atoms with van der Waals surface area (Å²) in [5.41, 5.74) is 2.81. The summed E-state index contributed by atoms with van der Waals surface area (Å²) >= 11 is 0. The van der Waals surface area contributed by atoms with Gasteiger partial charge < -0.3 is 4.90 Å². The van der Waals surface area contributed by atoms with Gasteiger partial charge in [-0.2, -0.15) is 13.2 Å². The molecular formula is C25H31F3N2. The van der Waals surface area contributed by atoms with Gasteiger partial charge in [-0.3, -0.25) is 4.90 Å². The number of halogens is 3. The molecular weight excluding hydrogens is 385 g/mol. The van der Waals surface area contributed by atoms with Crippen molar-refractivity contribution in [2.75, 3.05) is 32.7 Å². The van der Waals surface area contributed by atoms with E-state index in [9.17, 15) is 13.2 Å². The summed E-state index contributed by atoms with van der Waals surface area (Å²) in [6.07, 6.45) is -0.544. The summed E-state index contributed by atoms with van der Waals surface area (Å²) < 4.78 is 39.9. The van der Waals surface area contributed by atoms with E-state index in [1.807, 2.05) is 6.07 Å². The second-order valence-electron chi connectivity index (χ2n) is 9.03. The Balaban J connectivity index is 1.55. The van der Waals surface area contributed by atoms with Crippen LogP contribution in [0.15, 0.2) is 48.5 Å². The molecule has 4 rings (SSSR count). The molecule has 2 aromatic rings. The third kappa shape index (κ3) is 5.25. The summed E-state index contributed by atoms with van der Waals surface area (Å²) in [6.45, 7) is 7.91. The quantitative estimate of drug-likeness (QED) is 0.616. The van der Waals surface area contributed by atoms with Gasteiger partial charge in [-0.15, -0.1) is 0 Å². The first-order valence-electron chi connectivity index (χ1n) is 11.1. The summed E-state index contributed by atoms with van der Waals surface area (Å²) in [5, 5.41) is 0. The lowest BCUT2D eigenvalue weighted by Gasteiger charge is -2.31. The molecule has 0 aliphatic carbocycles. The van der Waals surface area contributed by atoms with E-state index in [0.29, 0.717) is 5.92 Å². The lowest BCUT2D eigenvalue weighted by Crippen LogP contribution is -2.36. The highest BCUT2D eigenvalue weighted by Crippen LogP contribution is 2.37. The molecule has 0 spiro atoms. The number of hydrogen-bond donors (Lipinski definition) is 0. The third-order valence-corrected chi connectivity index (χ3v) is 6.59. The van der Waals surface area contributed by atoms with Crippen molar-refractivity contribution >= 4 is 0 Å². The molecule has 2 unspecified atom stereocenters. The van der Waals surface area contributed by atoms with Gasteiger partial charge in [-0.1, -0.05) is 54.4 Å². The predicted molar refractivity (Wildman–Crippen MR) is 114 cm³/mol. The first kappa shape index (κ1) is 21.4. The Labute approximate surface area is 177 Å². The molecule has 2 heterocycles. The fourth-order valence-electron chi connectivity index (χ4n) is 5.14. The van der Waals surface area contributed by atoms with Gasteiger partial charge in [0, 0.05) is 32.1 Å². The number of hydrogen-bond acceptors (Lipinski definition) is 2. The van der Waals surface area contributed by atoms with E-state index in [2.05, 4.69) is 41.0 Å². The van der Waals surface area contributed by atoms with E-state index in [-0.39, 0.29) is 5.92 Å². The van der Waals surface area contributed by atoms with Crippen molar-refractivity contribution in [1.29, 1.82) is 0 Å². The lowest BCUT2D eigenvalue weighted by molar-refractivity contribution is -0.137. The lowest BCUT2D eigenvalue weighted by atomic mass is 9.87. The molecule has 0 saturated carbocycles. The number of alkyl halides is 3. The first-order chi connectivity index (χ1) is 14.4. The molecule has 2 fully saturated rings. The highest BCUT2D eigenvalue weighted by atomic mass is 19.4. The van der Waals surface area contributed by atoms with E-state index in [0.717, 1.165) is 44.8 Å². The Morgan fingerprint density at radius 3 is 2.40 bits per heavy atom. The minimum atomic E-state index is -4.29. The maximum atomic E-state index is 13.3. The van der Waals surface area contributed by atoms with Crippen molar-refractivity contribution in [2.45, 2.75) is 44.8 Å². The van der Waals surface area contributed by atoms with Crippen molar-refractivity contribution < 1.29 is 13.2 Å². The molecule has 2 nitrogen and oxygen atoms in total. The highest BCUT2D eigenvalue weighted by Gasteiger charge is 2.37. The van der Waals surface area contributed by atoms with E-state index < -0.39 is 11.7 Å². The monoisotopic (exact) mass is 416 g/mol. The zero-order chi connectivity index (χ0) is 21.1. The van der Waals surface area contributed by atoms with E-state index in [4.69, 9.17) is 0 Å². The number of nitrogens with zero attached hydrogens (tertiary/aromatic N) is 2. The second kappa shape index (κ2) is 9.11. The Kier molecular flexibility index (Phi) is 6.49. The topological polar surface area (TPSA) is 6.48 Å². The van der Waals surface area contributed by atoms with Crippen molar-refractivity contribution in [1.82, 2.24) is 9.80 Å². The van der Waals surface area contributed by atoms with Crippen LogP contribution in [0, 0.1) is 12.8 Å². The van der Waals surface area contributed by atoms with Gasteiger partial charge in [0.25, 0.3) is 0 Å². The van der Waals surface area contributed by atoms with Crippen LogP contribution in [-0.4, -0.2) is 42.5 Å². The Hall–Kier alpha value is -1.85. The van der Waals surface area contributed by atoms with Crippen LogP contribution in [0.4, 0.5) is 13.2 Å².